The van der Waals surface area contributed by atoms with Crippen LogP contribution in [0.4, 0.5) is 11.4 Å². The maximum absolute atomic E-state index is 5.34. The van der Waals surface area contributed by atoms with Gasteiger partial charge in [0.05, 0.1) is 14.2 Å². The Labute approximate surface area is 169 Å². The van der Waals surface area contributed by atoms with Crippen LogP contribution in [0.3, 0.4) is 0 Å². The Hall–Kier alpha value is -2.46. The van der Waals surface area contributed by atoms with Gasteiger partial charge in [-0.25, -0.2) is 0 Å². The van der Waals surface area contributed by atoms with Gasteiger partial charge in [-0.1, -0.05) is 11.1 Å². The lowest BCUT2D eigenvalue weighted by molar-refractivity contribution is 0.414. The molecule has 4 nitrogen and oxygen atoms in total. The molecule has 0 amide bonds. The normalized spacial score (nSPS) is 18.1. The fraction of sp³-hybridized carbons (Fsp3) is 0.417. The van der Waals surface area contributed by atoms with Crippen molar-refractivity contribution in [3.8, 4) is 11.5 Å². The summed E-state index contributed by atoms with van der Waals surface area (Å²) < 4.78 is 10.7. The zero-order chi connectivity index (χ0) is 20.3. The number of ether oxygens (including phenoxy) is 2. The largest absolute Gasteiger partial charge is 0.497 e. The highest BCUT2D eigenvalue weighted by Crippen LogP contribution is 2.34. The number of benzene rings is 2. The molecule has 28 heavy (non-hydrogen) atoms. The fourth-order valence-electron chi connectivity index (χ4n) is 3.96. The van der Waals surface area contributed by atoms with Crippen LogP contribution in [-0.4, -0.2) is 32.3 Å². The minimum absolute atomic E-state index is 0.114. The van der Waals surface area contributed by atoms with Crippen LogP contribution in [0, 0.1) is 0 Å². The van der Waals surface area contributed by atoms with Gasteiger partial charge in [0.2, 0.25) is 0 Å². The second kappa shape index (κ2) is 8.27. The molecular weight excluding hydrogens is 348 g/mol. The van der Waals surface area contributed by atoms with E-state index in [1.807, 2.05) is 24.3 Å². The smallest absolute Gasteiger partial charge is 0.119 e. The van der Waals surface area contributed by atoms with E-state index in [-0.39, 0.29) is 5.54 Å². The number of hydrogen-bond acceptors (Lipinski definition) is 4. The maximum atomic E-state index is 5.34. The number of anilines is 2. The van der Waals surface area contributed by atoms with Crippen LogP contribution in [-0.2, 0) is 0 Å². The summed E-state index contributed by atoms with van der Waals surface area (Å²) in [5.74, 6) is 1.73. The van der Waals surface area contributed by atoms with Crippen LogP contribution >= 0.6 is 0 Å². The molecular formula is C24H32N2O2. The summed E-state index contributed by atoms with van der Waals surface area (Å²) in [4.78, 5) is 2.36. The molecule has 1 saturated heterocycles. The molecule has 1 aliphatic heterocycles. The first-order valence-corrected chi connectivity index (χ1v) is 9.82. The zero-order valence-electron chi connectivity index (χ0n) is 17.9. The second-order valence-corrected chi connectivity index (χ2v) is 8.29. The molecule has 0 radical (unpaired) electrons. The third-order valence-corrected chi connectivity index (χ3v) is 5.39. The molecule has 1 heterocycles. The SMILES string of the molecule is COc1ccc(N(CC2NC(C)(C)CC2=C(C)C)c2ccc(OC)cc2)cc1. The molecule has 1 unspecified atom stereocenters. The molecule has 2 aromatic carbocycles. The summed E-state index contributed by atoms with van der Waals surface area (Å²) in [7, 11) is 3.39. The van der Waals surface area contributed by atoms with Crippen LogP contribution in [0.2, 0.25) is 0 Å². The van der Waals surface area contributed by atoms with E-state index in [1.54, 1.807) is 14.2 Å². The number of hydrogen-bond donors (Lipinski definition) is 1. The molecule has 4 heteroatoms. The van der Waals surface area contributed by atoms with E-state index in [0.717, 1.165) is 35.8 Å². The molecule has 1 N–H and O–H groups in total. The predicted octanol–water partition coefficient (Wildman–Crippen LogP) is 5.32. The third-order valence-electron chi connectivity index (χ3n) is 5.39. The average molecular weight is 381 g/mol. The molecule has 1 aliphatic rings. The van der Waals surface area contributed by atoms with Crippen LogP contribution in [0.1, 0.15) is 34.1 Å². The van der Waals surface area contributed by atoms with Crippen LogP contribution in [0.15, 0.2) is 59.7 Å². The van der Waals surface area contributed by atoms with Crippen molar-refractivity contribution in [3.63, 3.8) is 0 Å². The summed E-state index contributed by atoms with van der Waals surface area (Å²) in [5, 5.41) is 3.83. The van der Waals surface area contributed by atoms with Gasteiger partial charge in [-0.3, -0.25) is 0 Å². The van der Waals surface area contributed by atoms with E-state index in [9.17, 15) is 0 Å². The Kier molecular flexibility index (Phi) is 5.99. The summed E-state index contributed by atoms with van der Waals surface area (Å²) in [5.41, 5.74) is 5.32. The van der Waals surface area contributed by atoms with Gasteiger partial charge < -0.3 is 19.7 Å². The summed E-state index contributed by atoms with van der Waals surface area (Å²) in [6, 6.07) is 16.8. The van der Waals surface area contributed by atoms with Gasteiger partial charge in [0.15, 0.2) is 0 Å². The van der Waals surface area contributed by atoms with E-state index >= 15 is 0 Å². The molecule has 0 aromatic heterocycles. The van der Waals surface area contributed by atoms with Crippen molar-refractivity contribution < 1.29 is 9.47 Å². The van der Waals surface area contributed by atoms with Crippen LogP contribution in [0.25, 0.3) is 0 Å². The van der Waals surface area contributed by atoms with Crippen molar-refractivity contribution in [2.24, 2.45) is 0 Å². The first-order valence-electron chi connectivity index (χ1n) is 9.82. The number of allylic oxidation sites excluding steroid dienone is 1. The fourth-order valence-corrected chi connectivity index (χ4v) is 3.96. The van der Waals surface area contributed by atoms with Gasteiger partial charge in [0, 0.05) is 29.5 Å². The van der Waals surface area contributed by atoms with Gasteiger partial charge in [-0.2, -0.15) is 0 Å². The Bertz CT molecular complexity index is 771. The highest BCUT2D eigenvalue weighted by molar-refractivity contribution is 5.65. The van der Waals surface area contributed by atoms with Crippen molar-refractivity contribution >= 4 is 11.4 Å². The molecule has 0 bridgehead atoms. The van der Waals surface area contributed by atoms with E-state index in [4.69, 9.17) is 9.47 Å². The highest BCUT2D eigenvalue weighted by atomic mass is 16.5. The first kappa shape index (κ1) is 20.3. The van der Waals surface area contributed by atoms with Gasteiger partial charge in [0.25, 0.3) is 0 Å². The van der Waals surface area contributed by atoms with Crippen molar-refractivity contribution in [2.45, 2.75) is 45.7 Å². The second-order valence-electron chi connectivity index (χ2n) is 8.29. The highest BCUT2D eigenvalue weighted by Gasteiger charge is 2.35. The molecule has 1 fully saturated rings. The zero-order valence-corrected chi connectivity index (χ0v) is 17.9. The lowest BCUT2D eigenvalue weighted by Gasteiger charge is -2.30. The minimum atomic E-state index is 0.114. The number of nitrogens with zero attached hydrogens (tertiary/aromatic N) is 1. The van der Waals surface area contributed by atoms with Crippen molar-refractivity contribution in [3.05, 3.63) is 59.7 Å². The van der Waals surface area contributed by atoms with E-state index in [0.29, 0.717) is 6.04 Å². The predicted molar refractivity (Wildman–Crippen MR) is 117 cm³/mol. The van der Waals surface area contributed by atoms with Gasteiger partial charge in [-0.15, -0.1) is 0 Å². The van der Waals surface area contributed by atoms with Crippen molar-refractivity contribution in [1.29, 1.82) is 0 Å². The molecule has 0 saturated carbocycles. The molecule has 3 rings (SSSR count). The molecule has 0 spiro atoms. The topological polar surface area (TPSA) is 33.7 Å². The average Bonchev–Trinajstić information content (AvgIpc) is 3.01. The van der Waals surface area contributed by atoms with Gasteiger partial charge in [0.1, 0.15) is 11.5 Å². The minimum Gasteiger partial charge on any atom is -0.497 e. The standard InChI is InChI=1S/C24H32N2O2/c1-17(2)22-15-24(3,4)25-23(22)16-26(18-7-11-20(27-5)12-8-18)19-9-13-21(28-6)14-10-19/h7-14,23,25H,15-16H2,1-6H3. The van der Waals surface area contributed by atoms with Crippen LogP contribution < -0.4 is 19.7 Å². The van der Waals surface area contributed by atoms with Gasteiger partial charge in [-0.05, 0) is 82.6 Å². The quantitative estimate of drug-likeness (QED) is 0.688. The molecule has 0 aliphatic carbocycles. The van der Waals surface area contributed by atoms with Crippen LogP contribution in [0.5, 0.6) is 11.5 Å². The van der Waals surface area contributed by atoms with E-state index < -0.39 is 0 Å². The molecule has 2 aromatic rings. The Morgan fingerprint density at radius 1 is 0.929 bits per heavy atom. The summed E-state index contributed by atoms with van der Waals surface area (Å²) in [6.07, 6.45) is 1.08. The van der Waals surface area contributed by atoms with E-state index in [2.05, 4.69) is 62.2 Å². The lowest BCUT2D eigenvalue weighted by Crippen LogP contribution is -2.43. The number of nitrogens with one attached hydrogen (secondary N) is 1. The number of methoxy groups -OCH3 is 2. The lowest BCUT2D eigenvalue weighted by atomic mass is 9.96. The number of rotatable bonds is 6. The maximum Gasteiger partial charge on any atom is 0.119 e. The van der Waals surface area contributed by atoms with Crippen molar-refractivity contribution in [1.82, 2.24) is 5.32 Å². The van der Waals surface area contributed by atoms with Gasteiger partial charge >= 0.3 is 0 Å². The van der Waals surface area contributed by atoms with Crippen molar-refractivity contribution in [2.75, 3.05) is 25.7 Å². The molecule has 1 atom stereocenters. The first-order chi connectivity index (χ1) is 13.3. The monoisotopic (exact) mass is 380 g/mol. The Morgan fingerprint density at radius 3 is 1.79 bits per heavy atom. The summed E-state index contributed by atoms with van der Waals surface area (Å²) in [6.45, 7) is 9.86. The Morgan fingerprint density at radius 2 is 1.39 bits per heavy atom. The summed E-state index contributed by atoms with van der Waals surface area (Å²) >= 11 is 0. The third kappa shape index (κ3) is 4.50. The van der Waals surface area contributed by atoms with E-state index in [1.165, 1.54) is 11.1 Å². The molecule has 150 valence electrons. The Balaban J connectivity index is 1.96.